The molecule has 0 saturated carbocycles. The maximum atomic E-state index is 11.2. The number of amides is 1. The Morgan fingerprint density at radius 2 is 1.68 bits per heavy atom. The van der Waals surface area contributed by atoms with Gasteiger partial charge in [0.15, 0.2) is 0 Å². The van der Waals surface area contributed by atoms with Crippen molar-refractivity contribution < 1.29 is 19.0 Å². The predicted molar refractivity (Wildman–Crippen MR) is 72.2 cm³/mol. The van der Waals surface area contributed by atoms with Gasteiger partial charge in [-0.2, -0.15) is 0 Å². The quantitative estimate of drug-likeness (QED) is 0.642. The van der Waals surface area contributed by atoms with Gasteiger partial charge in [-0.1, -0.05) is 18.2 Å². The fourth-order valence-electron chi connectivity index (χ4n) is 1.63. The van der Waals surface area contributed by atoms with Crippen LogP contribution >= 0.6 is 0 Å². The third-order valence-corrected chi connectivity index (χ3v) is 2.60. The number of methoxy groups -OCH3 is 1. The molecule has 5 nitrogen and oxygen atoms in total. The highest BCUT2D eigenvalue weighted by molar-refractivity contribution is 5.94. The molecule has 0 heterocycles. The first-order valence-corrected chi connectivity index (χ1v) is 6.28. The van der Waals surface area contributed by atoms with Crippen LogP contribution in [0.1, 0.15) is 15.9 Å². The topological polar surface area (TPSA) is 70.8 Å². The van der Waals surface area contributed by atoms with Gasteiger partial charge >= 0.3 is 0 Å². The first-order chi connectivity index (χ1) is 9.25. The number of rotatable bonds is 10. The fraction of sp³-hybridized carbons (Fsp3) is 0.500. The fourth-order valence-corrected chi connectivity index (χ4v) is 1.63. The van der Waals surface area contributed by atoms with Crippen LogP contribution in [0.5, 0.6) is 0 Å². The Hall–Kier alpha value is -1.43. The van der Waals surface area contributed by atoms with E-state index in [4.69, 9.17) is 19.9 Å². The minimum Gasteiger partial charge on any atom is -0.382 e. The molecule has 5 heteroatoms. The molecule has 0 aliphatic rings. The minimum atomic E-state index is -0.404. The molecule has 1 rings (SSSR count). The normalized spacial score (nSPS) is 10.6. The van der Waals surface area contributed by atoms with E-state index in [1.54, 1.807) is 19.2 Å². The number of carbonyl (C=O) groups excluding carboxylic acids is 1. The molecule has 0 atom stereocenters. The average molecular weight is 267 g/mol. The Morgan fingerprint density at radius 1 is 1.05 bits per heavy atom. The number of nitrogens with two attached hydrogens (primary N) is 1. The van der Waals surface area contributed by atoms with Crippen molar-refractivity contribution in [1.82, 2.24) is 0 Å². The highest BCUT2D eigenvalue weighted by atomic mass is 16.5. The highest BCUT2D eigenvalue weighted by Crippen LogP contribution is 2.08. The van der Waals surface area contributed by atoms with Crippen LogP contribution in [0.2, 0.25) is 0 Å². The number of benzene rings is 1. The summed E-state index contributed by atoms with van der Waals surface area (Å²) < 4.78 is 15.6. The van der Waals surface area contributed by atoms with Crippen LogP contribution in [0.3, 0.4) is 0 Å². The van der Waals surface area contributed by atoms with Crippen molar-refractivity contribution in [1.29, 1.82) is 0 Å². The van der Waals surface area contributed by atoms with E-state index < -0.39 is 5.91 Å². The third-order valence-electron chi connectivity index (χ3n) is 2.60. The molecule has 0 radical (unpaired) electrons. The van der Waals surface area contributed by atoms with E-state index in [-0.39, 0.29) is 0 Å². The zero-order valence-electron chi connectivity index (χ0n) is 11.3. The van der Waals surface area contributed by atoms with Crippen molar-refractivity contribution in [2.45, 2.75) is 6.42 Å². The number of hydrogen-bond donors (Lipinski definition) is 1. The molecule has 0 fully saturated rings. The second-order valence-corrected chi connectivity index (χ2v) is 3.99. The van der Waals surface area contributed by atoms with Crippen LogP contribution in [0, 0.1) is 0 Å². The molecule has 106 valence electrons. The van der Waals surface area contributed by atoms with E-state index in [1.807, 2.05) is 12.1 Å². The van der Waals surface area contributed by atoms with Gasteiger partial charge in [0.05, 0.1) is 33.0 Å². The van der Waals surface area contributed by atoms with Gasteiger partial charge in [-0.3, -0.25) is 4.79 Å². The molecule has 0 aliphatic carbocycles. The maximum absolute atomic E-state index is 11.2. The van der Waals surface area contributed by atoms with Crippen molar-refractivity contribution in [3.8, 4) is 0 Å². The molecule has 19 heavy (non-hydrogen) atoms. The molecule has 0 aromatic heterocycles. The van der Waals surface area contributed by atoms with Gasteiger partial charge < -0.3 is 19.9 Å². The van der Waals surface area contributed by atoms with E-state index in [0.29, 0.717) is 45.0 Å². The van der Waals surface area contributed by atoms with Crippen molar-refractivity contribution in [3.05, 3.63) is 35.4 Å². The summed E-state index contributed by atoms with van der Waals surface area (Å²) in [6.45, 7) is 2.78. The molecule has 0 bridgehead atoms. The van der Waals surface area contributed by atoms with Crippen molar-refractivity contribution in [3.63, 3.8) is 0 Å². The zero-order valence-corrected chi connectivity index (χ0v) is 11.3. The summed E-state index contributed by atoms with van der Waals surface area (Å²) in [6.07, 6.45) is 0.664. The summed E-state index contributed by atoms with van der Waals surface area (Å²) in [4.78, 5) is 11.2. The summed E-state index contributed by atoms with van der Waals surface area (Å²) in [6, 6.07) is 7.30. The smallest absolute Gasteiger partial charge is 0.248 e. The van der Waals surface area contributed by atoms with Crippen LogP contribution in [0.4, 0.5) is 0 Å². The van der Waals surface area contributed by atoms with E-state index in [2.05, 4.69) is 0 Å². The van der Waals surface area contributed by atoms with Crippen molar-refractivity contribution in [2.75, 3.05) is 40.1 Å². The molecule has 1 aromatic carbocycles. The van der Waals surface area contributed by atoms with Crippen LogP contribution in [-0.4, -0.2) is 46.1 Å². The Bertz CT molecular complexity index is 381. The lowest BCUT2D eigenvalue weighted by Crippen LogP contribution is -2.15. The van der Waals surface area contributed by atoms with Crippen LogP contribution in [-0.2, 0) is 20.6 Å². The van der Waals surface area contributed by atoms with Gasteiger partial charge in [-0.15, -0.1) is 0 Å². The predicted octanol–water partition coefficient (Wildman–Crippen LogP) is 1.01. The summed E-state index contributed by atoms with van der Waals surface area (Å²) >= 11 is 0. The standard InChI is InChI=1S/C14H21NO4/c1-17-8-9-19-11-10-18-7-6-12-4-2-3-5-13(12)14(15)16/h2-5H,6-11H2,1H3,(H2,15,16). The summed E-state index contributed by atoms with van der Waals surface area (Å²) in [5.74, 6) is -0.404. The summed E-state index contributed by atoms with van der Waals surface area (Å²) in [5, 5.41) is 0. The summed E-state index contributed by atoms with van der Waals surface area (Å²) in [5.41, 5.74) is 6.77. The summed E-state index contributed by atoms with van der Waals surface area (Å²) in [7, 11) is 1.63. The molecule has 0 unspecified atom stereocenters. The number of carbonyl (C=O) groups is 1. The van der Waals surface area contributed by atoms with E-state index in [1.165, 1.54) is 0 Å². The highest BCUT2D eigenvalue weighted by Gasteiger charge is 2.06. The second-order valence-electron chi connectivity index (χ2n) is 3.99. The molecule has 2 N–H and O–H groups in total. The first kappa shape index (κ1) is 15.6. The lowest BCUT2D eigenvalue weighted by molar-refractivity contribution is 0.0255. The van der Waals surface area contributed by atoms with Crippen molar-refractivity contribution >= 4 is 5.91 Å². The number of hydrogen-bond acceptors (Lipinski definition) is 4. The molecule has 0 aliphatic heterocycles. The van der Waals surface area contributed by atoms with Gasteiger partial charge in [0.1, 0.15) is 0 Å². The van der Waals surface area contributed by atoms with Crippen molar-refractivity contribution in [2.24, 2.45) is 5.73 Å². The molecular formula is C14H21NO4. The van der Waals surface area contributed by atoms with E-state index in [0.717, 1.165) is 5.56 Å². The average Bonchev–Trinajstić information content (AvgIpc) is 2.42. The largest absolute Gasteiger partial charge is 0.382 e. The minimum absolute atomic E-state index is 0.404. The van der Waals surface area contributed by atoms with E-state index >= 15 is 0 Å². The SMILES string of the molecule is COCCOCCOCCc1ccccc1C(N)=O. The second kappa shape index (κ2) is 9.49. The molecule has 0 saturated heterocycles. The Balaban J connectivity index is 2.17. The third kappa shape index (κ3) is 6.33. The van der Waals surface area contributed by atoms with Gasteiger partial charge in [0.2, 0.25) is 5.91 Å². The lowest BCUT2D eigenvalue weighted by atomic mass is 10.0. The maximum Gasteiger partial charge on any atom is 0.248 e. The van der Waals surface area contributed by atoms with Crippen LogP contribution in [0.25, 0.3) is 0 Å². The Morgan fingerprint density at radius 3 is 2.37 bits per heavy atom. The molecule has 1 amide bonds. The molecule has 1 aromatic rings. The van der Waals surface area contributed by atoms with Crippen LogP contribution < -0.4 is 5.73 Å². The number of primary amides is 1. The van der Waals surface area contributed by atoms with Gasteiger partial charge in [-0.05, 0) is 18.1 Å². The van der Waals surface area contributed by atoms with Crippen LogP contribution in [0.15, 0.2) is 24.3 Å². The van der Waals surface area contributed by atoms with Gasteiger partial charge in [-0.25, -0.2) is 0 Å². The molecular weight excluding hydrogens is 246 g/mol. The van der Waals surface area contributed by atoms with Gasteiger partial charge in [0, 0.05) is 12.7 Å². The van der Waals surface area contributed by atoms with E-state index in [9.17, 15) is 4.79 Å². The molecule has 0 spiro atoms. The monoisotopic (exact) mass is 267 g/mol. The Kier molecular flexibility index (Phi) is 7.81. The van der Waals surface area contributed by atoms with Gasteiger partial charge in [0.25, 0.3) is 0 Å². The number of ether oxygens (including phenoxy) is 3. The zero-order chi connectivity index (χ0) is 13.9. The first-order valence-electron chi connectivity index (χ1n) is 6.28. The Labute approximate surface area is 113 Å². The lowest BCUT2D eigenvalue weighted by Gasteiger charge is -2.08.